The maximum absolute atomic E-state index is 14.0. The number of fused-ring (bicyclic) bond motifs is 1. The van der Waals surface area contributed by atoms with E-state index in [9.17, 15) is 13.6 Å². The molecule has 0 unspecified atom stereocenters. The van der Waals surface area contributed by atoms with Crippen molar-refractivity contribution in [3.8, 4) is 27.9 Å². The number of thiazole rings is 1. The van der Waals surface area contributed by atoms with Gasteiger partial charge in [-0.15, -0.1) is 11.3 Å². The Labute approximate surface area is 178 Å². The Bertz CT molecular complexity index is 1320. The molecular weight excluding hydrogens is 426 g/mol. The van der Waals surface area contributed by atoms with Crippen molar-refractivity contribution in [1.29, 1.82) is 0 Å². The van der Waals surface area contributed by atoms with Crippen LogP contribution in [-0.4, -0.2) is 27.5 Å². The zero-order valence-electron chi connectivity index (χ0n) is 16.1. The summed E-state index contributed by atoms with van der Waals surface area (Å²) in [7, 11) is 0. The summed E-state index contributed by atoms with van der Waals surface area (Å²) in [5.41, 5.74) is 1.91. The number of halogens is 2. The van der Waals surface area contributed by atoms with Crippen molar-refractivity contribution in [1.82, 2.24) is 14.8 Å². The van der Waals surface area contributed by atoms with Gasteiger partial charge < -0.3 is 14.8 Å². The number of benzene rings is 2. The van der Waals surface area contributed by atoms with Gasteiger partial charge in [0, 0.05) is 23.1 Å². The van der Waals surface area contributed by atoms with Crippen LogP contribution < -0.4 is 14.8 Å². The topological polar surface area (TPSA) is 78.3 Å². The lowest BCUT2D eigenvalue weighted by Crippen LogP contribution is -2.16. The molecule has 10 heteroatoms. The summed E-state index contributed by atoms with van der Waals surface area (Å²) in [4.78, 5) is 17.1. The molecule has 5 rings (SSSR count). The van der Waals surface area contributed by atoms with E-state index in [0.29, 0.717) is 39.9 Å². The van der Waals surface area contributed by atoms with Crippen molar-refractivity contribution in [3.63, 3.8) is 0 Å². The first-order valence-electron chi connectivity index (χ1n) is 9.17. The number of amides is 1. The monoisotopic (exact) mass is 440 g/mol. The fourth-order valence-corrected chi connectivity index (χ4v) is 3.94. The quantitative estimate of drug-likeness (QED) is 0.503. The van der Waals surface area contributed by atoms with Gasteiger partial charge in [-0.2, -0.15) is 9.78 Å². The zero-order chi connectivity index (χ0) is 21.5. The Morgan fingerprint density at radius 3 is 2.81 bits per heavy atom. The molecule has 2 aromatic heterocycles. The van der Waals surface area contributed by atoms with Crippen LogP contribution in [-0.2, 0) is 0 Å². The lowest BCUT2D eigenvalue weighted by molar-refractivity contribution is 0.102. The summed E-state index contributed by atoms with van der Waals surface area (Å²) in [5, 5.41) is 9.37. The summed E-state index contributed by atoms with van der Waals surface area (Å²) in [5.74, 6) is -0.770. The van der Waals surface area contributed by atoms with Crippen molar-refractivity contribution in [2.75, 3.05) is 12.1 Å². The van der Waals surface area contributed by atoms with Gasteiger partial charge >= 0.3 is 0 Å². The average Bonchev–Trinajstić information content (AvgIpc) is 3.46. The van der Waals surface area contributed by atoms with Crippen LogP contribution >= 0.6 is 11.3 Å². The fourth-order valence-electron chi connectivity index (χ4n) is 3.14. The highest BCUT2D eigenvalue weighted by Crippen LogP contribution is 2.36. The van der Waals surface area contributed by atoms with Crippen LogP contribution in [0.5, 0.6) is 11.5 Å². The average molecular weight is 440 g/mol. The normalized spacial score (nSPS) is 12.2. The van der Waals surface area contributed by atoms with Crippen molar-refractivity contribution in [3.05, 3.63) is 70.7 Å². The van der Waals surface area contributed by atoms with Gasteiger partial charge in [0.15, 0.2) is 11.5 Å². The number of anilines is 1. The van der Waals surface area contributed by atoms with E-state index < -0.39 is 17.5 Å². The van der Waals surface area contributed by atoms with E-state index in [0.717, 1.165) is 17.7 Å². The van der Waals surface area contributed by atoms with E-state index in [1.165, 1.54) is 16.0 Å². The Morgan fingerprint density at radius 2 is 1.97 bits per heavy atom. The molecule has 1 aliphatic heterocycles. The highest BCUT2D eigenvalue weighted by atomic mass is 32.1. The van der Waals surface area contributed by atoms with Crippen LogP contribution in [0.15, 0.2) is 47.8 Å². The Balaban J connectivity index is 1.44. The first-order chi connectivity index (χ1) is 15.0. The molecule has 0 spiro atoms. The minimum Gasteiger partial charge on any atom is -0.454 e. The van der Waals surface area contributed by atoms with Crippen LogP contribution in [0.3, 0.4) is 0 Å². The predicted molar refractivity (Wildman–Crippen MR) is 110 cm³/mol. The molecule has 1 aliphatic rings. The molecular formula is C21H14F2N4O3S. The van der Waals surface area contributed by atoms with Gasteiger partial charge in [-0.05, 0) is 37.3 Å². The lowest BCUT2D eigenvalue weighted by atomic mass is 10.1. The van der Waals surface area contributed by atoms with E-state index in [2.05, 4.69) is 15.4 Å². The van der Waals surface area contributed by atoms with Crippen LogP contribution in [0.4, 0.5) is 14.6 Å². The van der Waals surface area contributed by atoms with Gasteiger partial charge in [0.05, 0.1) is 17.0 Å². The summed E-state index contributed by atoms with van der Waals surface area (Å²) < 4.78 is 39.3. The molecule has 0 aliphatic carbocycles. The molecule has 1 amide bonds. The number of nitrogens with zero attached hydrogens (tertiary/aromatic N) is 3. The van der Waals surface area contributed by atoms with Gasteiger partial charge in [-0.3, -0.25) is 4.79 Å². The summed E-state index contributed by atoms with van der Waals surface area (Å²) >= 11 is 1.33. The van der Waals surface area contributed by atoms with E-state index >= 15 is 0 Å². The minimum absolute atomic E-state index is 0.186. The molecule has 0 atom stereocenters. The molecule has 0 radical (unpaired) electrons. The van der Waals surface area contributed by atoms with Gasteiger partial charge in [0.2, 0.25) is 11.9 Å². The number of aryl methyl sites for hydroxylation is 1. The van der Waals surface area contributed by atoms with E-state index in [1.54, 1.807) is 13.0 Å². The van der Waals surface area contributed by atoms with Gasteiger partial charge in [-0.1, -0.05) is 0 Å². The largest absolute Gasteiger partial charge is 0.454 e. The zero-order valence-corrected chi connectivity index (χ0v) is 16.9. The third-order valence-corrected chi connectivity index (χ3v) is 5.41. The van der Waals surface area contributed by atoms with Gasteiger partial charge in [-0.25, -0.2) is 13.8 Å². The molecule has 2 aromatic carbocycles. The maximum Gasteiger partial charge on any atom is 0.259 e. The third kappa shape index (κ3) is 3.61. The van der Waals surface area contributed by atoms with Crippen molar-refractivity contribution < 1.29 is 23.0 Å². The number of carbonyl (C=O) groups excluding carboxylic acids is 1. The Hall–Kier alpha value is -3.79. The molecule has 0 bridgehead atoms. The smallest absolute Gasteiger partial charge is 0.259 e. The summed E-state index contributed by atoms with van der Waals surface area (Å²) in [6.07, 6.45) is 0. The molecule has 7 nitrogen and oxygen atoms in total. The summed E-state index contributed by atoms with van der Waals surface area (Å²) in [6, 6.07) is 9.96. The first-order valence-corrected chi connectivity index (χ1v) is 10.0. The number of hydrogen-bond donors (Lipinski definition) is 1. The minimum atomic E-state index is -0.945. The van der Waals surface area contributed by atoms with E-state index in [1.807, 2.05) is 23.6 Å². The maximum atomic E-state index is 14.0. The number of hydrogen-bond acceptors (Lipinski definition) is 6. The number of carbonyl (C=O) groups is 1. The standard InChI is InChI=1S/C21H14F2N4O3S/c1-11-6-19(25-20(28)14-4-3-13(22)8-15(14)23)27(26-11)21-24-16(9-31-21)12-2-5-17-18(7-12)30-10-29-17/h2-9H,10H2,1H3,(H,25,28). The van der Waals surface area contributed by atoms with Gasteiger partial charge in [0.1, 0.15) is 17.5 Å². The lowest BCUT2D eigenvalue weighted by Gasteiger charge is -2.07. The van der Waals surface area contributed by atoms with Gasteiger partial charge in [0.25, 0.3) is 5.91 Å². The predicted octanol–water partition coefficient (Wildman–Crippen LogP) is 4.56. The van der Waals surface area contributed by atoms with E-state index in [-0.39, 0.29) is 12.4 Å². The number of rotatable bonds is 4. The van der Waals surface area contributed by atoms with Crippen molar-refractivity contribution in [2.24, 2.45) is 0 Å². The van der Waals surface area contributed by atoms with Crippen LogP contribution in [0, 0.1) is 18.6 Å². The highest BCUT2D eigenvalue weighted by Gasteiger charge is 2.19. The highest BCUT2D eigenvalue weighted by molar-refractivity contribution is 7.12. The molecule has 156 valence electrons. The van der Waals surface area contributed by atoms with Crippen LogP contribution in [0.25, 0.3) is 16.4 Å². The van der Waals surface area contributed by atoms with E-state index in [4.69, 9.17) is 9.47 Å². The second-order valence-corrected chi connectivity index (χ2v) is 7.58. The first kappa shape index (κ1) is 19.2. The van der Waals surface area contributed by atoms with Crippen molar-refractivity contribution >= 4 is 23.1 Å². The second kappa shape index (κ2) is 7.47. The second-order valence-electron chi connectivity index (χ2n) is 6.74. The Kier molecular flexibility index (Phi) is 4.63. The molecule has 0 saturated carbocycles. The molecule has 4 aromatic rings. The fraction of sp³-hybridized carbons (Fsp3) is 0.0952. The third-order valence-electron chi connectivity index (χ3n) is 4.59. The summed E-state index contributed by atoms with van der Waals surface area (Å²) in [6.45, 7) is 1.95. The Morgan fingerprint density at radius 1 is 1.13 bits per heavy atom. The number of nitrogens with one attached hydrogen (secondary N) is 1. The molecule has 31 heavy (non-hydrogen) atoms. The molecule has 3 heterocycles. The SMILES string of the molecule is Cc1cc(NC(=O)c2ccc(F)cc2F)n(-c2nc(-c3ccc4c(c3)OCO4)cs2)n1. The number of ether oxygens (including phenoxy) is 2. The molecule has 1 N–H and O–H groups in total. The van der Waals surface area contributed by atoms with Crippen molar-refractivity contribution in [2.45, 2.75) is 6.92 Å². The number of aromatic nitrogens is 3. The molecule has 0 saturated heterocycles. The van der Waals surface area contributed by atoms with Crippen LogP contribution in [0.1, 0.15) is 16.1 Å². The molecule has 0 fully saturated rings. The van der Waals surface area contributed by atoms with Crippen LogP contribution in [0.2, 0.25) is 0 Å².